The highest BCUT2D eigenvalue weighted by Gasteiger charge is 2.06. The highest BCUT2D eigenvalue weighted by molar-refractivity contribution is 9.10. The first-order valence-corrected chi connectivity index (χ1v) is 4.35. The Bertz CT molecular complexity index is 263. The molecule has 0 aliphatic carbocycles. The number of pyridine rings is 1. The molecule has 0 fully saturated rings. The highest BCUT2D eigenvalue weighted by atomic mass is 79.9. The Kier molecular flexibility index (Phi) is 2.87. The maximum absolute atomic E-state index is 5.85. The van der Waals surface area contributed by atoms with Gasteiger partial charge < -0.3 is 5.73 Å². The minimum absolute atomic E-state index is 0.115. The molecule has 1 atom stereocenters. The van der Waals surface area contributed by atoms with E-state index in [1.807, 2.05) is 6.92 Å². The van der Waals surface area contributed by atoms with Crippen molar-refractivity contribution >= 4 is 27.5 Å². The molecule has 0 amide bonds. The predicted octanol–water partition coefficient (Wildman–Crippen LogP) is 2.52. The van der Waals surface area contributed by atoms with Gasteiger partial charge in [-0.05, 0) is 28.9 Å². The van der Waals surface area contributed by atoms with Crippen molar-refractivity contribution < 1.29 is 0 Å². The quantitative estimate of drug-likeness (QED) is 0.812. The van der Waals surface area contributed by atoms with Crippen LogP contribution in [0.1, 0.15) is 18.7 Å². The van der Waals surface area contributed by atoms with E-state index in [0.717, 1.165) is 10.2 Å². The largest absolute Gasteiger partial charge is 0.323 e. The first-order chi connectivity index (χ1) is 5.11. The van der Waals surface area contributed by atoms with E-state index in [1.54, 1.807) is 12.3 Å². The summed E-state index contributed by atoms with van der Waals surface area (Å²) >= 11 is 9.11. The standard InChI is InChI=1S/C7H8BrClN2/c1-4(10)7-6(9)2-5(8)3-11-7/h2-4H,10H2,1H3/t4-/m0/s1. The molecule has 4 heteroatoms. The summed E-state index contributed by atoms with van der Waals surface area (Å²) in [4.78, 5) is 4.07. The first kappa shape index (κ1) is 8.97. The summed E-state index contributed by atoms with van der Waals surface area (Å²) in [6, 6.07) is 1.67. The van der Waals surface area contributed by atoms with Crippen molar-refractivity contribution in [1.82, 2.24) is 4.98 Å². The lowest BCUT2D eigenvalue weighted by molar-refractivity contribution is 0.780. The SMILES string of the molecule is C[C@H](N)c1ncc(Br)cc1Cl. The molecule has 0 aliphatic rings. The third-order valence-corrected chi connectivity index (χ3v) is 2.00. The van der Waals surface area contributed by atoms with Crippen molar-refractivity contribution in [2.45, 2.75) is 13.0 Å². The van der Waals surface area contributed by atoms with Crippen LogP contribution in [0.15, 0.2) is 16.7 Å². The smallest absolute Gasteiger partial charge is 0.0754 e. The predicted molar refractivity (Wildman–Crippen MR) is 49.5 cm³/mol. The second kappa shape index (κ2) is 3.52. The van der Waals surface area contributed by atoms with Crippen LogP contribution in [0, 0.1) is 0 Å². The molecule has 2 nitrogen and oxygen atoms in total. The van der Waals surface area contributed by atoms with Crippen LogP contribution in [0.5, 0.6) is 0 Å². The lowest BCUT2D eigenvalue weighted by Gasteiger charge is -2.05. The Morgan fingerprint density at radius 2 is 2.36 bits per heavy atom. The zero-order valence-electron chi connectivity index (χ0n) is 6.01. The van der Waals surface area contributed by atoms with Gasteiger partial charge in [0.2, 0.25) is 0 Å². The zero-order valence-corrected chi connectivity index (χ0v) is 8.35. The van der Waals surface area contributed by atoms with E-state index < -0.39 is 0 Å². The molecule has 1 heterocycles. The van der Waals surface area contributed by atoms with Crippen molar-refractivity contribution in [2.75, 3.05) is 0 Å². The molecule has 0 aliphatic heterocycles. The van der Waals surface area contributed by atoms with Crippen LogP contribution in [-0.2, 0) is 0 Å². The molecule has 0 unspecified atom stereocenters. The molecule has 0 spiro atoms. The van der Waals surface area contributed by atoms with Gasteiger partial charge in [0.15, 0.2) is 0 Å². The van der Waals surface area contributed by atoms with E-state index >= 15 is 0 Å². The van der Waals surface area contributed by atoms with E-state index in [9.17, 15) is 0 Å². The summed E-state index contributed by atoms with van der Waals surface area (Å²) in [6.07, 6.45) is 1.69. The van der Waals surface area contributed by atoms with Gasteiger partial charge in [-0.1, -0.05) is 11.6 Å². The molecule has 0 saturated heterocycles. The van der Waals surface area contributed by atoms with Gasteiger partial charge in [0.25, 0.3) is 0 Å². The molecule has 0 saturated carbocycles. The van der Waals surface area contributed by atoms with E-state index in [1.165, 1.54) is 0 Å². The fourth-order valence-corrected chi connectivity index (χ4v) is 1.56. The molecule has 0 aromatic carbocycles. The number of rotatable bonds is 1. The lowest BCUT2D eigenvalue weighted by Crippen LogP contribution is -2.07. The maximum Gasteiger partial charge on any atom is 0.0754 e. The van der Waals surface area contributed by atoms with E-state index in [4.69, 9.17) is 17.3 Å². The maximum atomic E-state index is 5.85. The number of aromatic nitrogens is 1. The van der Waals surface area contributed by atoms with E-state index in [-0.39, 0.29) is 6.04 Å². The number of halogens is 2. The summed E-state index contributed by atoms with van der Waals surface area (Å²) in [7, 11) is 0. The third kappa shape index (κ3) is 2.15. The Hall–Kier alpha value is -0.120. The van der Waals surface area contributed by atoms with Gasteiger partial charge in [0, 0.05) is 16.7 Å². The van der Waals surface area contributed by atoms with Gasteiger partial charge >= 0.3 is 0 Å². The van der Waals surface area contributed by atoms with Gasteiger partial charge in [0.1, 0.15) is 0 Å². The Labute approximate surface area is 78.9 Å². The molecule has 2 N–H and O–H groups in total. The van der Waals surface area contributed by atoms with Crippen LogP contribution < -0.4 is 5.73 Å². The van der Waals surface area contributed by atoms with Crippen molar-refractivity contribution in [1.29, 1.82) is 0 Å². The van der Waals surface area contributed by atoms with Gasteiger partial charge in [-0.2, -0.15) is 0 Å². The minimum Gasteiger partial charge on any atom is -0.323 e. The Morgan fingerprint density at radius 3 is 2.82 bits per heavy atom. The topological polar surface area (TPSA) is 38.9 Å². The zero-order chi connectivity index (χ0) is 8.43. The van der Waals surface area contributed by atoms with Gasteiger partial charge in [-0.15, -0.1) is 0 Å². The fourth-order valence-electron chi connectivity index (χ4n) is 0.760. The summed E-state index contributed by atoms with van der Waals surface area (Å²) in [6.45, 7) is 1.85. The molecular formula is C7H8BrClN2. The molecule has 1 rings (SSSR count). The van der Waals surface area contributed by atoms with Crippen LogP contribution in [0.2, 0.25) is 5.02 Å². The van der Waals surface area contributed by atoms with E-state index in [0.29, 0.717) is 5.02 Å². The van der Waals surface area contributed by atoms with Gasteiger partial charge in [0.05, 0.1) is 10.7 Å². The third-order valence-electron chi connectivity index (χ3n) is 1.27. The Morgan fingerprint density at radius 1 is 1.73 bits per heavy atom. The number of hydrogen-bond donors (Lipinski definition) is 1. The van der Waals surface area contributed by atoms with Crippen molar-refractivity contribution in [3.05, 3.63) is 27.5 Å². The molecule has 0 bridgehead atoms. The normalized spacial score (nSPS) is 13.1. The van der Waals surface area contributed by atoms with Crippen LogP contribution in [0.3, 0.4) is 0 Å². The first-order valence-electron chi connectivity index (χ1n) is 3.18. The van der Waals surface area contributed by atoms with Gasteiger partial charge in [-0.25, -0.2) is 0 Å². The number of nitrogens with two attached hydrogens (primary N) is 1. The van der Waals surface area contributed by atoms with Crippen LogP contribution >= 0.6 is 27.5 Å². The number of nitrogens with zero attached hydrogens (tertiary/aromatic N) is 1. The van der Waals surface area contributed by atoms with Crippen molar-refractivity contribution in [3.63, 3.8) is 0 Å². The van der Waals surface area contributed by atoms with Crippen LogP contribution in [0.4, 0.5) is 0 Å². The van der Waals surface area contributed by atoms with Crippen molar-refractivity contribution in [2.24, 2.45) is 5.73 Å². The fraction of sp³-hybridized carbons (Fsp3) is 0.286. The summed E-state index contributed by atoms with van der Waals surface area (Å²) < 4.78 is 0.868. The molecule has 0 radical (unpaired) electrons. The van der Waals surface area contributed by atoms with Crippen molar-refractivity contribution in [3.8, 4) is 0 Å². The molecule has 1 aromatic rings. The average molecular weight is 236 g/mol. The number of hydrogen-bond acceptors (Lipinski definition) is 2. The Balaban J connectivity index is 3.09. The summed E-state index contributed by atoms with van der Waals surface area (Å²) in [5.74, 6) is 0. The monoisotopic (exact) mass is 234 g/mol. The molecule has 11 heavy (non-hydrogen) atoms. The highest BCUT2D eigenvalue weighted by Crippen LogP contribution is 2.22. The second-order valence-corrected chi connectivity index (χ2v) is 3.63. The lowest BCUT2D eigenvalue weighted by atomic mass is 10.2. The average Bonchev–Trinajstić information content (AvgIpc) is 1.85. The summed E-state index contributed by atoms with van der Waals surface area (Å²) in [5.41, 5.74) is 6.33. The van der Waals surface area contributed by atoms with Gasteiger partial charge in [-0.3, -0.25) is 4.98 Å². The minimum atomic E-state index is -0.115. The molecule has 60 valence electrons. The van der Waals surface area contributed by atoms with Crippen LogP contribution in [-0.4, -0.2) is 4.98 Å². The summed E-state index contributed by atoms with van der Waals surface area (Å²) in [5, 5.41) is 0.606. The van der Waals surface area contributed by atoms with Crippen LogP contribution in [0.25, 0.3) is 0 Å². The van der Waals surface area contributed by atoms with E-state index in [2.05, 4.69) is 20.9 Å². The molecule has 1 aromatic heterocycles. The second-order valence-electron chi connectivity index (χ2n) is 2.31. The molecular weight excluding hydrogens is 227 g/mol.